The normalized spacial score (nSPS) is 9.76. The number of hydrogen-bond donors (Lipinski definition) is 3. The minimum absolute atomic E-state index is 0.0620. The molecule has 0 bridgehead atoms. The second-order valence-corrected chi connectivity index (χ2v) is 4.19. The Labute approximate surface area is 121 Å². The Balaban J connectivity index is 1.97. The van der Waals surface area contributed by atoms with Crippen molar-refractivity contribution >= 4 is 11.8 Å². The molecular formula is C15H14N2O4. The molecule has 0 radical (unpaired) electrons. The minimum Gasteiger partial charge on any atom is -0.508 e. The average Bonchev–Trinajstić information content (AvgIpc) is 2.53. The van der Waals surface area contributed by atoms with Gasteiger partial charge in [-0.25, -0.2) is 0 Å². The molecule has 2 aromatic rings. The van der Waals surface area contributed by atoms with Crippen molar-refractivity contribution in [1.29, 1.82) is 0 Å². The van der Waals surface area contributed by atoms with Crippen LogP contribution >= 0.6 is 0 Å². The SMILES string of the molecule is COc1cccc(C(=O)NNC(=O)c2ccc(O)cc2)c1. The lowest BCUT2D eigenvalue weighted by Crippen LogP contribution is -2.41. The molecule has 0 saturated carbocycles. The van der Waals surface area contributed by atoms with Gasteiger partial charge in [0.25, 0.3) is 11.8 Å². The van der Waals surface area contributed by atoms with Gasteiger partial charge in [0.2, 0.25) is 0 Å². The molecule has 0 aliphatic carbocycles. The molecule has 6 nitrogen and oxygen atoms in total. The molecule has 0 unspecified atom stereocenters. The third-order valence-corrected chi connectivity index (χ3v) is 2.75. The zero-order chi connectivity index (χ0) is 15.2. The Hall–Kier alpha value is -3.02. The first-order chi connectivity index (χ1) is 10.1. The van der Waals surface area contributed by atoms with Crippen molar-refractivity contribution in [3.8, 4) is 11.5 Å². The van der Waals surface area contributed by atoms with Crippen LogP contribution in [0.25, 0.3) is 0 Å². The number of nitrogens with one attached hydrogen (secondary N) is 2. The van der Waals surface area contributed by atoms with Gasteiger partial charge in [-0.3, -0.25) is 20.4 Å². The Kier molecular flexibility index (Phi) is 4.40. The molecule has 0 atom stereocenters. The van der Waals surface area contributed by atoms with E-state index in [2.05, 4.69) is 10.9 Å². The van der Waals surface area contributed by atoms with Gasteiger partial charge in [0.05, 0.1) is 7.11 Å². The van der Waals surface area contributed by atoms with Crippen LogP contribution in [0.3, 0.4) is 0 Å². The maximum atomic E-state index is 11.9. The van der Waals surface area contributed by atoms with E-state index in [9.17, 15) is 9.59 Å². The number of amides is 2. The monoisotopic (exact) mass is 286 g/mol. The van der Waals surface area contributed by atoms with Gasteiger partial charge < -0.3 is 9.84 Å². The molecule has 0 fully saturated rings. The Morgan fingerprint density at radius 3 is 2.19 bits per heavy atom. The number of carbonyl (C=O) groups excluding carboxylic acids is 2. The van der Waals surface area contributed by atoms with E-state index in [1.54, 1.807) is 24.3 Å². The van der Waals surface area contributed by atoms with Crippen molar-refractivity contribution in [2.45, 2.75) is 0 Å². The number of hydrogen-bond acceptors (Lipinski definition) is 4. The summed E-state index contributed by atoms with van der Waals surface area (Å²) in [5, 5.41) is 9.14. The third-order valence-electron chi connectivity index (χ3n) is 2.75. The van der Waals surface area contributed by atoms with Crippen molar-refractivity contribution in [2.24, 2.45) is 0 Å². The number of aromatic hydroxyl groups is 1. The molecule has 0 aliphatic heterocycles. The van der Waals surface area contributed by atoms with E-state index in [0.717, 1.165) is 0 Å². The van der Waals surface area contributed by atoms with E-state index in [1.807, 2.05) is 0 Å². The van der Waals surface area contributed by atoms with Crippen LogP contribution in [0.5, 0.6) is 11.5 Å². The van der Waals surface area contributed by atoms with E-state index < -0.39 is 11.8 Å². The highest BCUT2D eigenvalue weighted by atomic mass is 16.5. The molecule has 2 rings (SSSR count). The topological polar surface area (TPSA) is 87.7 Å². The fourth-order valence-electron chi connectivity index (χ4n) is 1.63. The van der Waals surface area contributed by atoms with Crippen molar-refractivity contribution in [3.05, 3.63) is 59.7 Å². The smallest absolute Gasteiger partial charge is 0.269 e. The van der Waals surface area contributed by atoms with Crippen molar-refractivity contribution < 1.29 is 19.4 Å². The predicted octanol–water partition coefficient (Wildman–Crippen LogP) is 1.48. The van der Waals surface area contributed by atoms with E-state index >= 15 is 0 Å². The number of phenolic OH excluding ortho intramolecular Hbond substituents is 1. The van der Waals surface area contributed by atoms with E-state index in [-0.39, 0.29) is 5.75 Å². The van der Waals surface area contributed by atoms with Gasteiger partial charge in [-0.05, 0) is 42.5 Å². The maximum absolute atomic E-state index is 11.9. The quantitative estimate of drug-likeness (QED) is 0.746. The van der Waals surface area contributed by atoms with Crippen molar-refractivity contribution in [3.63, 3.8) is 0 Å². The Morgan fingerprint density at radius 1 is 0.952 bits per heavy atom. The molecule has 2 amide bonds. The molecule has 0 aromatic heterocycles. The van der Waals surface area contributed by atoms with E-state index in [1.165, 1.54) is 31.4 Å². The summed E-state index contributed by atoms with van der Waals surface area (Å²) in [5.41, 5.74) is 5.28. The first-order valence-corrected chi connectivity index (χ1v) is 6.14. The Morgan fingerprint density at radius 2 is 1.57 bits per heavy atom. The number of phenols is 1. The third kappa shape index (κ3) is 3.73. The minimum atomic E-state index is -0.480. The number of carbonyl (C=O) groups is 2. The summed E-state index contributed by atoms with van der Waals surface area (Å²) in [5.74, 6) is -0.327. The highest BCUT2D eigenvalue weighted by Gasteiger charge is 2.09. The van der Waals surface area contributed by atoms with Crippen LogP contribution in [0.1, 0.15) is 20.7 Å². The number of benzene rings is 2. The highest BCUT2D eigenvalue weighted by molar-refractivity contribution is 5.99. The second kappa shape index (κ2) is 6.42. The number of ether oxygens (including phenoxy) is 1. The number of rotatable bonds is 3. The molecule has 108 valence electrons. The highest BCUT2D eigenvalue weighted by Crippen LogP contribution is 2.12. The first-order valence-electron chi connectivity index (χ1n) is 6.14. The van der Waals surface area contributed by atoms with Gasteiger partial charge >= 0.3 is 0 Å². The summed E-state index contributed by atoms with van der Waals surface area (Å²) in [6.07, 6.45) is 0. The number of hydrazine groups is 1. The molecule has 0 saturated heterocycles. The predicted molar refractivity (Wildman–Crippen MR) is 76.0 cm³/mol. The van der Waals surface area contributed by atoms with Gasteiger partial charge in [0, 0.05) is 11.1 Å². The molecule has 0 spiro atoms. The van der Waals surface area contributed by atoms with Crippen molar-refractivity contribution in [1.82, 2.24) is 10.9 Å². The summed E-state index contributed by atoms with van der Waals surface area (Å²) < 4.78 is 5.02. The molecular weight excluding hydrogens is 272 g/mol. The van der Waals surface area contributed by atoms with Gasteiger partial charge in [-0.1, -0.05) is 6.07 Å². The maximum Gasteiger partial charge on any atom is 0.269 e. The summed E-state index contributed by atoms with van der Waals surface area (Å²) in [7, 11) is 1.50. The fraction of sp³-hybridized carbons (Fsp3) is 0.0667. The van der Waals surface area contributed by atoms with Gasteiger partial charge in [0.1, 0.15) is 11.5 Å². The molecule has 6 heteroatoms. The lowest BCUT2D eigenvalue weighted by Gasteiger charge is -2.08. The van der Waals surface area contributed by atoms with Crippen molar-refractivity contribution in [2.75, 3.05) is 7.11 Å². The molecule has 0 heterocycles. The average molecular weight is 286 g/mol. The summed E-state index contributed by atoms with van der Waals surface area (Å²) >= 11 is 0. The van der Waals surface area contributed by atoms with Crippen LogP contribution in [-0.2, 0) is 0 Å². The molecule has 21 heavy (non-hydrogen) atoms. The van der Waals surface area contributed by atoms with Crippen LogP contribution in [0.2, 0.25) is 0 Å². The standard InChI is InChI=1S/C15H14N2O4/c1-21-13-4-2-3-11(9-13)15(20)17-16-14(19)10-5-7-12(18)8-6-10/h2-9,18H,1H3,(H,16,19)(H,17,20). The zero-order valence-electron chi connectivity index (χ0n) is 11.3. The van der Waals surface area contributed by atoms with Gasteiger partial charge in [-0.15, -0.1) is 0 Å². The second-order valence-electron chi connectivity index (χ2n) is 4.19. The summed E-state index contributed by atoms with van der Waals surface area (Å²) in [6.45, 7) is 0. The lowest BCUT2D eigenvalue weighted by molar-refractivity contribution is 0.0846. The van der Waals surface area contributed by atoms with Gasteiger partial charge in [0.15, 0.2) is 0 Å². The first kappa shape index (κ1) is 14.4. The Bertz CT molecular complexity index is 653. The molecule has 0 aliphatic rings. The van der Waals surface area contributed by atoms with Crippen LogP contribution in [0, 0.1) is 0 Å². The fourth-order valence-corrected chi connectivity index (χ4v) is 1.63. The largest absolute Gasteiger partial charge is 0.508 e. The summed E-state index contributed by atoms with van der Waals surface area (Å²) in [6, 6.07) is 12.2. The van der Waals surface area contributed by atoms with E-state index in [0.29, 0.717) is 16.9 Å². The van der Waals surface area contributed by atoms with Crippen LogP contribution in [-0.4, -0.2) is 24.0 Å². The molecule has 3 N–H and O–H groups in total. The van der Waals surface area contributed by atoms with Crippen LogP contribution < -0.4 is 15.6 Å². The summed E-state index contributed by atoms with van der Waals surface area (Å²) in [4.78, 5) is 23.7. The van der Waals surface area contributed by atoms with Gasteiger partial charge in [-0.2, -0.15) is 0 Å². The zero-order valence-corrected chi connectivity index (χ0v) is 11.3. The molecule has 2 aromatic carbocycles. The lowest BCUT2D eigenvalue weighted by atomic mass is 10.2. The number of methoxy groups -OCH3 is 1. The van der Waals surface area contributed by atoms with Crippen LogP contribution in [0.15, 0.2) is 48.5 Å². The van der Waals surface area contributed by atoms with Crippen LogP contribution in [0.4, 0.5) is 0 Å². The van der Waals surface area contributed by atoms with E-state index in [4.69, 9.17) is 9.84 Å².